The number of anilines is 3. The molecule has 270 valence electrons. The molecule has 0 N–H and O–H groups in total. The van der Waals surface area contributed by atoms with E-state index >= 15 is 0 Å². The molecule has 1 aromatic heterocycles. The molecular weight excluding hydrogens is 683 g/mol. The third-order valence-corrected chi connectivity index (χ3v) is 13.7. The fourth-order valence-corrected chi connectivity index (χ4v) is 10.7. The molecule has 0 amide bonds. The first kappa shape index (κ1) is 34.1. The lowest BCUT2D eigenvalue weighted by molar-refractivity contribution is 0.632. The monoisotopic (exact) mass is 729 g/mol. The van der Waals surface area contributed by atoms with E-state index in [0.29, 0.717) is 0 Å². The number of fused-ring (bicyclic) bond motifs is 6. The molecule has 0 saturated heterocycles. The van der Waals surface area contributed by atoms with Crippen LogP contribution in [0.2, 0.25) is 0 Å². The van der Waals surface area contributed by atoms with E-state index in [4.69, 9.17) is 0 Å². The average molecular weight is 730 g/mol. The van der Waals surface area contributed by atoms with Crippen LogP contribution in [0.4, 0.5) is 17.1 Å². The summed E-state index contributed by atoms with van der Waals surface area (Å²) in [5, 5.41) is 5.33. The minimum absolute atomic E-state index is 0.0595. The van der Waals surface area contributed by atoms with Gasteiger partial charge in [0.15, 0.2) is 0 Å². The second-order valence-electron chi connectivity index (χ2n) is 16.3. The Morgan fingerprint density at radius 1 is 0.527 bits per heavy atom. The lowest BCUT2D eigenvalue weighted by atomic mass is 9.73. The molecule has 0 radical (unpaired) electrons. The van der Waals surface area contributed by atoms with Gasteiger partial charge in [-0.15, -0.1) is 11.3 Å². The molecule has 2 heteroatoms. The smallest absolute Gasteiger partial charge is 0.0502 e. The van der Waals surface area contributed by atoms with Crippen molar-refractivity contribution in [2.45, 2.75) is 71.1 Å². The van der Waals surface area contributed by atoms with Crippen molar-refractivity contribution in [1.82, 2.24) is 0 Å². The van der Waals surface area contributed by atoms with E-state index in [2.05, 4.69) is 171 Å². The Labute approximate surface area is 329 Å². The molecule has 0 unspecified atom stereocenters. The van der Waals surface area contributed by atoms with Crippen LogP contribution in [0.5, 0.6) is 0 Å². The number of unbranched alkanes of at least 4 members (excludes halogenated alkanes) is 3. The van der Waals surface area contributed by atoms with Crippen molar-refractivity contribution in [3.63, 3.8) is 0 Å². The van der Waals surface area contributed by atoms with E-state index in [1.807, 2.05) is 11.3 Å². The molecule has 0 spiro atoms. The number of nitrogens with zero attached hydrogens (tertiary/aromatic N) is 1. The molecule has 0 bridgehead atoms. The zero-order chi connectivity index (χ0) is 37.1. The van der Waals surface area contributed by atoms with E-state index in [1.165, 1.54) is 131 Å². The lowest BCUT2D eigenvalue weighted by Crippen LogP contribution is -2.30. The number of aryl methyl sites for hydroxylation is 1. The zero-order valence-corrected chi connectivity index (χ0v) is 33.0. The van der Waals surface area contributed by atoms with Gasteiger partial charge in [0, 0.05) is 31.6 Å². The summed E-state index contributed by atoms with van der Waals surface area (Å²) in [5.41, 5.74) is 16.3. The fraction of sp³-hybridized carbons (Fsp3) is 0.208. The molecule has 2 aliphatic rings. The van der Waals surface area contributed by atoms with Gasteiger partial charge in [-0.3, -0.25) is 0 Å². The minimum Gasteiger partial charge on any atom is -0.310 e. The predicted molar refractivity (Wildman–Crippen MR) is 237 cm³/mol. The van der Waals surface area contributed by atoms with E-state index in [9.17, 15) is 0 Å². The maximum absolute atomic E-state index is 2.48. The van der Waals surface area contributed by atoms with Crippen LogP contribution in [0, 0.1) is 0 Å². The number of para-hydroxylation sites is 2. The van der Waals surface area contributed by atoms with E-state index in [1.54, 1.807) is 0 Å². The zero-order valence-electron chi connectivity index (χ0n) is 32.2. The maximum atomic E-state index is 2.48. The summed E-state index contributed by atoms with van der Waals surface area (Å²) in [7, 11) is 0. The summed E-state index contributed by atoms with van der Waals surface area (Å²) in [4.78, 5) is 5.21. The summed E-state index contributed by atoms with van der Waals surface area (Å²) in [6.45, 7) is 6.99. The number of rotatable bonds is 8. The molecule has 0 fully saturated rings. The third kappa shape index (κ3) is 5.90. The Hall–Kier alpha value is -5.44. The van der Waals surface area contributed by atoms with Gasteiger partial charge >= 0.3 is 0 Å². The number of hydrogen-bond donors (Lipinski definition) is 0. The third-order valence-electron chi connectivity index (χ3n) is 12.4. The van der Waals surface area contributed by atoms with E-state index in [0.717, 1.165) is 12.8 Å². The lowest BCUT2D eigenvalue weighted by Gasteiger charge is -2.42. The molecule has 8 aromatic rings. The van der Waals surface area contributed by atoms with Gasteiger partial charge in [0.05, 0.1) is 11.4 Å². The first-order valence-electron chi connectivity index (χ1n) is 20.2. The van der Waals surface area contributed by atoms with E-state index in [-0.39, 0.29) is 5.41 Å². The summed E-state index contributed by atoms with van der Waals surface area (Å²) in [6.07, 6.45) is 8.31. The quantitative estimate of drug-likeness (QED) is 0.141. The van der Waals surface area contributed by atoms with Crippen molar-refractivity contribution in [2.75, 3.05) is 4.90 Å². The molecular formula is C53H47NS. The van der Waals surface area contributed by atoms with Crippen LogP contribution < -0.4 is 4.90 Å². The summed E-state index contributed by atoms with van der Waals surface area (Å²) < 4.78 is 0. The Bertz CT molecular complexity index is 2680. The van der Waals surface area contributed by atoms with Crippen LogP contribution in [-0.2, 0) is 24.7 Å². The van der Waals surface area contributed by atoms with Crippen molar-refractivity contribution >= 4 is 49.9 Å². The Kier molecular flexibility index (Phi) is 8.49. The van der Waals surface area contributed by atoms with Gasteiger partial charge in [-0.1, -0.05) is 155 Å². The van der Waals surface area contributed by atoms with Gasteiger partial charge in [0.25, 0.3) is 0 Å². The van der Waals surface area contributed by atoms with Crippen molar-refractivity contribution in [3.05, 3.63) is 185 Å². The Morgan fingerprint density at radius 3 is 1.84 bits per heavy atom. The largest absolute Gasteiger partial charge is 0.310 e. The van der Waals surface area contributed by atoms with E-state index < -0.39 is 0 Å². The SMILES string of the molecule is CCCCCCc1ccc(-c2sc(-c3ccc4cc5c(cc4c3)Cc3ccc(N4c6ccccc6C(C)(C)c6ccccc64)cc3C5)c3ccccc23)cc1. The molecule has 1 aliphatic heterocycles. The summed E-state index contributed by atoms with van der Waals surface area (Å²) >= 11 is 1.94. The normalized spacial score (nSPS) is 14.1. The fourth-order valence-electron chi connectivity index (χ4n) is 9.41. The first-order chi connectivity index (χ1) is 27.0. The highest BCUT2D eigenvalue weighted by Gasteiger charge is 2.36. The number of benzene rings is 7. The van der Waals surface area contributed by atoms with Crippen molar-refractivity contribution < 1.29 is 0 Å². The van der Waals surface area contributed by atoms with Gasteiger partial charge < -0.3 is 4.90 Å². The van der Waals surface area contributed by atoms with Gasteiger partial charge in [0.2, 0.25) is 0 Å². The molecule has 0 saturated carbocycles. The Balaban J connectivity index is 0.963. The maximum Gasteiger partial charge on any atom is 0.0502 e. The van der Waals surface area contributed by atoms with Gasteiger partial charge in [-0.05, 0) is 117 Å². The number of hydrogen-bond acceptors (Lipinski definition) is 2. The highest BCUT2D eigenvalue weighted by Crippen LogP contribution is 2.52. The van der Waals surface area contributed by atoms with Crippen LogP contribution in [0.1, 0.15) is 85.4 Å². The number of thiophene rings is 1. The molecule has 0 atom stereocenters. The summed E-state index contributed by atoms with van der Waals surface area (Å²) in [6, 6.07) is 55.5. The molecule has 7 aromatic carbocycles. The standard InChI is InChI=1S/C53H47NS/c1-4-5-6-7-14-35-21-23-36(24-22-35)51-45-15-8-9-16-46(45)52(55-51)39-26-25-37-29-42-33-43-34-44(28-27-38(43)30-41(42)32-40(37)31-39)54-49-19-12-10-17-47(49)53(2,3)48-18-11-13-20-50(48)54/h8-13,15-29,31-32,34H,4-7,14,30,33H2,1-3H3. The molecule has 55 heavy (non-hydrogen) atoms. The predicted octanol–water partition coefficient (Wildman–Crippen LogP) is 15.1. The van der Waals surface area contributed by atoms with Gasteiger partial charge in [-0.25, -0.2) is 0 Å². The van der Waals surface area contributed by atoms with Crippen molar-refractivity contribution in [3.8, 4) is 20.9 Å². The van der Waals surface area contributed by atoms with Crippen molar-refractivity contribution in [1.29, 1.82) is 0 Å². The average Bonchev–Trinajstić information content (AvgIpc) is 3.61. The topological polar surface area (TPSA) is 3.24 Å². The summed E-state index contributed by atoms with van der Waals surface area (Å²) in [5.74, 6) is 0. The van der Waals surface area contributed by atoms with Crippen molar-refractivity contribution in [2.24, 2.45) is 0 Å². The van der Waals surface area contributed by atoms with Crippen LogP contribution in [-0.4, -0.2) is 0 Å². The van der Waals surface area contributed by atoms with Gasteiger partial charge in [0.1, 0.15) is 0 Å². The van der Waals surface area contributed by atoms with Crippen LogP contribution in [0.3, 0.4) is 0 Å². The molecule has 10 rings (SSSR count). The van der Waals surface area contributed by atoms with Gasteiger partial charge in [-0.2, -0.15) is 0 Å². The highest BCUT2D eigenvalue weighted by atomic mass is 32.1. The highest BCUT2D eigenvalue weighted by molar-refractivity contribution is 7.21. The van der Waals surface area contributed by atoms with Crippen LogP contribution >= 0.6 is 11.3 Å². The second kappa shape index (κ2) is 13.7. The first-order valence-corrected chi connectivity index (χ1v) is 21.1. The molecule has 1 nitrogen and oxygen atoms in total. The van der Waals surface area contributed by atoms with Crippen LogP contribution in [0.25, 0.3) is 42.4 Å². The van der Waals surface area contributed by atoms with Crippen LogP contribution in [0.15, 0.2) is 146 Å². The minimum atomic E-state index is -0.0595. The molecule has 1 aliphatic carbocycles. The second-order valence-corrected chi connectivity index (χ2v) is 17.3. The Morgan fingerprint density at radius 2 is 1.13 bits per heavy atom. The molecule has 2 heterocycles.